The van der Waals surface area contributed by atoms with Crippen LogP contribution in [0.3, 0.4) is 0 Å². The molecule has 1 aliphatic carbocycles. The molecule has 0 unspecified atom stereocenters. The van der Waals surface area contributed by atoms with Crippen LogP contribution in [0.2, 0.25) is 0 Å². The highest BCUT2D eigenvalue weighted by atomic mass is 16.5. The number of rotatable bonds is 3. The van der Waals surface area contributed by atoms with E-state index in [-0.39, 0.29) is 11.8 Å². The third-order valence-electron chi connectivity index (χ3n) is 3.11. The summed E-state index contributed by atoms with van der Waals surface area (Å²) in [5.41, 5.74) is -0.927. The van der Waals surface area contributed by atoms with Gasteiger partial charge < -0.3 is 10.1 Å². The highest BCUT2D eigenvalue weighted by Crippen LogP contribution is 2.24. The average Bonchev–Trinajstić information content (AvgIpc) is 2.28. The SMILES string of the molecule is COC(=O)C(C)(C)NC(=O)C1CCCCC1. The Kier molecular flexibility index (Phi) is 4.33. The van der Waals surface area contributed by atoms with Crippen molar-refractivity contribution >= 4 is 11.9 Å². The maximum Gasteiger partial charge on any atom is 0.330 e. The first kappa shape index (κ1) is 13.0. The fourth-order valence-corrected chi connectivity index (χ4v) is 2.08. The molecule has 0 spiro atoms. The molecule has 16 heavy (non-hydrogen) atoms. The second-order valence-corrected chi connectivity index (χ2v) is 4.94. The molecular formula is C12H21NO3. The summed E-state index contributed by atoms with van der Waals surface area (Å²) < 4.78 is 4.65. The van der Waals surface area contributed by atoms with Crippen LogP contribution in [0.1, 0.15) is 46.0 Å². The zero-order valence-corrected chi connectivity index (χ0v) is 10.3. The van der Waals surface area contributed by atoms with Gasteiger partial charge in [0.15, 0.2) is 0 Å². The summed E-state index contributed by atoms with van der Waals surface area (Å²) in [6, 6.07) is 0. The lowest BCUT2D eigenvalue weighted by Gasteiger charge is -2.27. The minimum absolute atomic E-state index is 0.0184. The van der Waals surface area contributed by atoms with E-state index in [0.717, 1.165) is 25.7 Å². The number of hydrogen-bond acceptors (Lipinski definition) is 3. The molecule has 0 aromatic heterocycles. The van der Waals surface area contributed by atoms with Crippen LogP contribution in [-0.2, 0) is 14.3 Å². The Morgan fingerprint density at radius 2 is 1.75 bits per heavy atom. The topological polar surface area (TPSA) is 55.4 Å². The van der Waals surface area contributed by atoms with Crippen LogP contribution in [0.15, 0.2) is 0 Å². The highest BCUT2D eigenvalue weighted by molar-refractivity contribution is 5.88. The van der Waals surface area contributed by atoms with E-state index in [9.17, 15) is 9.59 Å². The van der Waals surface area contributed by atoms with Gasteiger partial charge in [0.2, 0.25) is 5.91 Å². The normalized spacial score (nSPS) is 17.9. The number of hydrogen-bond donors (Lipinski definition) is 1. The first-order valence-corrected chi connectivity index (χ1v) is 5.88. The predicted molar refractivity (Wildman–Crippen MR) is 60.8 cm³/mol. The van der Waals surface area contributed by atoms with E-state index in [1.54, 1.807) is 13.8 Å². The molecule has 0 bridgehead atoms. The van der Waals surface area contributed by atoms with Gasteiger partial charge >= 0.3 is 5.97 Å². The lowest BCUT2D eigenvalue weighted by atomic mass is 9.88. The minimum atomic E-state index is -0.927. The van der Waals surface area contributed by atoms with E-state index in [2.05, 4.69) is 10.1 Å². The number of ether oxygens (including phenoxy) is 1. The van der Waals surface area contributed by atoms with Crippen LogP contribution in [-0.4, -0.2) is 24.5 Å². The monoisotopic (exact) mass is 227 g/mol. The summed E-state index contributed by atoms with van der Waals surface area (Å²) in [6.07, 6.45) is 5.30. The van der Waals surface area contributed by atoms with Crippen LogP contribution < -0.4 is 5.32 Å². The van der Waals surface area contributed by atoms with E-state index in [1.807, 2.05) is 0 Å². The maximum absolute atomic E-state index is 11.9. The van der Waals surface area contributed by atoms with Crippen molar-refractivity contribution in [3.63, 3.8) is 0 Å². The fourth-order valence-electron chi connectivity index (χ4n) is 2.08. The Bertz CT molecular complexity index is 267. The molecule has 0 saturated heterocycles. The molecule has 1 rings (SSSR count). The minimum Gasteiger partial charge on any atom is -0.467 e. The molecule has 0 aromatic carbocycles. The van der Waals surface area contributed by atoms with Crippen molar-refractivity contribution in [3.8, 4) is 0 Å². The van der Waals surface area contributed by atoms with E-state index < -0.39 is 11.5 Å². The zero-order valence-electron chi connectivity index (χ0n) is 10.3. The standard InChI is InChI=1S/C12H21NO3/c1-12(2,11(15)16-3)13-10(14)9-7-5-4-6-8-9/h9H,4-8H2,1-3H3,(H,13,14). The summed E-state index contributed by atoms with van der Waals surface area (Å²) in [6.45, 7) is 3.33. The number of amides is 1. The molecule has 92 valence electrons. The van der Waals surface area contributed by atoms with Crippen molar-refractivity contribution in [2.75, 3.05) is 7.11 Å². The van der Waals surface area contributed by atoms with E-state index in [1.165, 1.54) is 13.5 Å². The lowest BCUT2D eigenvalue weighted by molar-refractivity contribution is -0.150. The molecule has 1 amide bonds. The zero-order chi connectivity index (χ0) is 12.2. The maximum atomic E-state index is 11.9. The molecule has 0 heterocycles. The number of carbonyl (C=O) groups excluding carboxylic acids is 2. The second kappa shape index (κ2) is 5.32. The van der Waals surface area contributed by atoms with Crippen molar-refractivity contribution in [2.45, 2.75) is 51.5 Å². The molecule has 1 aliphatic rings. The third-order valence-corrected chi connectivity index (χ3v) is 3.11. The Labute approximate surface area is 96.7 Å². The number of esters is 1. The molecule has 0 radical (unpaired) electrons. The quantitative estimate of drug-likeness (QED) is 0.746. The smallest absolute Gasteiger partial charge is 0.330 e. The van der Waals surface area contributed by atoms with Crippen LogP contribution in [0.4, 0.5) is 0 Å². The molecule has 0 aliphatic heterocycles. The van der Waals surface area contributed by atoms with Gasteiger partial charge in [-0.1, -0.05) is 19.3 Å². The van der Waals surface area contributed by atoms with Crippen molar-refractivity contribution < 1.29 is 14.3 Å². The van der Waals surface area contributed by atoms with Crippen molar-refractivity contribution in [1.29, 1.82) is 0 Å². The summed E-state index contributed by atoms with van der Waals surface area (Å²) in [4.78, 5) is 23.3. The molecule has 0 atom stereocenters. The largest absolute Gasteiger partial charge is 0.467 e. The van der Waals surface area contributed by atoms with Crippen LogP contribution in [0.25, 0.3) is 0 Å². The van der Waals surface area contributed by atoms with Gasteiger partial charge in [-0.15, -0.1) is 0 Å². The summed E-state index contributed by atoms with van der Waals surface area (Å²) in [7, 11) is 1.33. The molecule has 0 aromatic rings. The van der Waals surface area contributed by atoms with Gasteiger partial charge in [0, 0.05) is 5.92 Å². The summed E-state index contributed by atoms with van der Waals surface area (Å²) in [5, 5.41) is 2.76. The number of methoxy groups -OCH3 is 1. The molecular weight excluding hydrogens is 206 g/mol. The predicted octanol–water partition coefficient (Wildman–Crippen LogP) is 1.63. The highest BCUT2D eigenvalue weighted by Gasteiger charge is 2.33. The van der Waals surface area contributed by atoms with Gasteiger partial charge in [-0.05, 0) is 26.7 Å². The van der Waals surface area contributed by atoms with Crippen LogP contribution in [0, 0.1) is 5.92 Å². The molecule has 4 nitrogen and oxygen atoms in total. The van der Waals surface area contributed by atoms with Gasteiger partial charge in [-0.3, -0.25) is 4.79 Å². The van der Waals surface area contributed by atoms with Crippen molar-refractivity contribution in [2.24, 2.45) is 5.92 Å². The Morgan fingerprint density at radius 1 is 1.19 bits per heavy atom. The van der Waals surface area contributed by atoms with Gasteiger partial charge in [-0.25, -0.2) is 4.79 Å². The van der Waals surface area contributed by atoms with Gasteiger partial charge in [-0.2, -0.15) is 0 Å². The van der Waals surface area contributed by atoms with Crippen molar-refractivity contribution in [1.82, 2.24) is 5.32 Å². The third kappa shape index (κ3) is 3.22. The second-order valence-electron chi connectivity index (χ2n) is 4.94. The Morgan fingerprint density at radius 3 is 2.25 bits per heavy atom. The number of nitrogens with one attached hydrogen (secondary N) is 1. The van der Waals surface area contributed by atoms with Crippen molar-refractivity contribution in [3.05, 3.63) is 0 Å². The molecule has 1 N–H and O–H groups in total. The van der Waals surface area contributed by atoms with Crippen LogP contribution in [0.5, 0.6) is 0 Å². The number of carbonyl (C=O) groups is 2. The molecule has 4 heteroatoms. The van der Waals surface area contributed by atoms with Gasteiger partial charge in [0.25, 0.3) is 0 Å². The fraction of sp³-hybridized carbons (Fsp3) is 0.833. The Balaban J connectivity index is 2.52. The van der Waals surface area contributed by atoms with Gasteiger partial charge in [0.05, 0.1) is 7.11 Å². The van der Waals surface area contributed by atoms with E-state index in [0.29, 0.717) is 0 Å². The summed E-state index contributed by atoms with van der Waals surface area (Å²) in [5.74, 6) is -0.357. The van der Waals surface area contributed by atoms with Crippen LogP contribution >= 0.6 is 0 Å². The first-order chi connectivity index (χ1) is 7.47. The van der Waals surface area contributed by atoms with E-state index >= 15 is 0 Å². The average molecular weight is 227 g/mol. The summed E-state index contributed by atoms with van der Waals surface area (Å²) >= 11 is 0. The lowest BCUT2D eigenvalue weighted by Crippen LogP contribution is -2.52. The van der Waals surface area contributed by atoms with Gasteiger partial charge in [0.1, 0.15) is 5.54 Å². The Hall–Kier alpha value is -1.06. The molecule has 1 saturated carbocycles. The molecule has 1 fully saturated rings. The van der Waals surface area contributed by atoms with E-state index in [4.69, 9.17) is 0 Å². The first-order valence-electron chi connectivity index (χ1n) is 5.88.